The van der Waals surface area contributed by atoms with Crippen LogP contribution < -0.4 is 5.73 Å². The van der Waals surface area contributed by atoms with Crippen LogP contribution in [0.1, 0.15) is 35.7 Å². The van der Waals surface area contributed by atoms with Crippen molar-refractivity contribution >= 4 is 11.7 Å². The average Bonchev–Trinajstić information content (AvgIpc) is 2.08. The molecule has 0 saturated heterocycles. The van der Waals surface area contributed by atoms with Crippen LogP contribution in [0.15, 0.2) is 12.1 Å². The number of anilines is 1. The van der Waals surface area contributed by atoms with Gasteiger partial charge in [0.15, 0.2) is 5.75 Å². The highest BCUT2D eigenvalue weighted by molar-refractivity contribution is 5.93. The topological polar surface area (TPSA) is 83.5 Å². The summed E-state index contributed by atoms with van der Waals surface area (Å²) < 4.78 is 0. The molecular formula is C10H13NO3. The molecule has 1 rings (SSSR count). The molecule has 0 aliphatic heterocycles. The lowest BCUT2D eigenvalue weighted by Gasteiger charge is -2.10. The SMILES string of the molecule is CC(C)c1cc(N)c(O)c(C(=O)O)c1. The molecule has 76 valence electrons. The van der Waals surface area contributed by atoms with Crippen molar-refractivity contribution in [1.82, 2.24) is 0 Å². The third kappa shape index (κ3) is 1.79. The van der Waals surface area contributed by atoms with Crippen LogP contribution in [-0.4, -0.2) is 16.2 Å². The number of carbonyl (C=O) groups is 1. The van der Waals surface area contributed by atoms with E-state index in [4.69, 9.17) is 10.8 Å². The molecule has 14 heavy (non-hydrogen) atoms. The Morgan fingerprint density at radius 1 is 1.43 bits per heavy atom. The van der Waals surface area contributed by atoms with Gasteiger partial charge in [0.25, 0.3) is 0 Å². The van der Waals surface area contributed by atoms with Gasteiger partial charge in [-0.3, -0.25) is 0 Å². The zero-order chi connectivity index (χ0) is 10.9. The molecule has 4 N–H and O–H groups in total. The fraction of sp³-hybridized carbons (Fsp3) is 0.300. The van der Waals surface area contributed by atoms with E-state index < -0.39 is 5.97 Å². The number of rotatable bonds is 2. The van der Waals surface area contributed by atoms with Gasteiger partial charge >= 0.3 is 5.97 Å². The minimum atomic E-state index is -1.17. The Morgan fingerprint density at radius 3 is 2.43 bits per heavy atom. The van der Waals surface area contributed by atoms with E-state index in [2.05, 4.69) is 0 Å². The van der Waals surface area contributed by atoms with Gasteiger partial charge in [-0.15, -0.1) is 0 Å². The third-order valence-corrected chi connectivity index (χ3v) is 2.06. The number of nitrogens with two attached hydrogens (primary N) is 1. The first kappa shape index (κ1) is 10.4. The first-order valence-electron chi connectivity index (χ1n) is 4.29. The summed E-state index contributed by atoms with van der Waals surface area (Å²) in [6, 6.07) is 3.03. The fourth-order valence-electron chi connectivity index (χ4n) is 1.18. The molecule has 1 aromatic rings. The van der Waals surface area contributed by atoms with Gasteiger partial charge in [0.1, 0.15) is 5.56 Å². The molecule has 0 atom stereocenters. The molecule has 4 heteroatoms. The van der Waals surface area contributed by atoms with Crippen LogP contribution in [0.25, 0.3) is 0 Å². The highest BCUT2D eigenvalue weighted by atomic mass is 16.4. The van der Waals surface area contributed by atoms with E-state index in [1.54, 1.807) is 6.07 Å². The summed E-state index contributed by atoms with van der Waals surface area (Å²) in [5.74, 6) is -1.35. The van der Waals surface area contributed by atoms with Crippen LogP contribution in [0.5, 0.6) is 5.75 Å². The standard InChI is InChI=1S/C10H13NO3/c1-5(2)6-3-7(10(13)14)9(12)8(11)4-6/h3-5,12H,11H2,1-2H3,(H,13,14). The van der Waals surface area contributed by atoms with Crippen molar-refractivity contribution in [2.24, 2.45) is 0 Å². The van der Waals surface area contributed by atoms with Crippen LogP contribution in [0.4, 0.5) is 5.69 Å². The van der Waals surface area contributed by atoms with Gasteiger partial charge in [-0.25, -0.2) is 4.79 Å². The van der Waals surface area contributed by atoms with E-state index in [1.165, 1.54) is 6.07 Å². The Morgan fingerprint density at radius 2 is 2.00 bits per heavy atom. The fourth-order valence-corrected chi connectivity index (χ4v) is 1.18. The second-order valence-electron chi connectivity index (χ2n) is 3.47. The smallest absolute Gasteiger partial charge is 0.339 e. The molecule has 0 radical (unpaired) electrons. The van der Waals surface area contributed by atoms with Crippen molar-refractivity contribution in [3.05, 3.63) is 23.3 Å². The first-order valence-corrected chi connectivity index (χ1v) is 4.29. The Bertz CT molecular complexity index is 372. The molecule has 0 unspecified atom stereocenters. The van der Waals surface area contributed by atoms with E-state index in [0.29, 0.717) is 0 Å². The van der Waals surface area contributed by atoms with E-state index >= 15 is 0 Å². The predicted molar refractivity (Wildman–Crippen MR) is 53.6 cm³/mol. The molecule has 0 fully saturated rings. The van der Waals surface area contributed by atoms with Crippen LogP contribution in [0, 0.1) is 0 Å². The zero-order valence-corrected chi connectivity index (χ0v) is 8.11. The lowest BCUT2D eigenvalue weighted by atomic mass is 9.99. The second kappa shape index (κ2) is 3.57. The molecule has 4 nitrogen and oxygen atoms in total. The van der Waals surface area contributed by atoms with Gasteiger partial charge in [0.2, 0.25) is 0 Å². The number of hydrogen-bond acceptors (Lipinski definition) is 3. The summed E-state index contributed by atoms with van der Waals surface area (Å²) in [5.41, 5.74) is 6.25. The van der Waals surface area contributed by atoms with Crippen molar-refractivity contribution in [3.8, 4) is 5.75 Å². The Balaban J connectivity index is 3.35. The number of aromatic carboxylic acids is 1. The second-order valence-corrected chi connectivity index (χ2v) is 3.47. The summed E-state index contributed by atoms with van der Waals surface area (Å²) in [6.07, 6.45) is 0. The molecule has 1 aromatic carbocycles. The number of nitrogen functional groups attached to an aromatic ring is 1. The summed E-state index contributed by atoms with van der Waals surface area (Å²) in [4.78, 5) is 10.7. The van der Waals surface area contributed by atoms with Gasteiger partial charge in [0, 0.05) is 0 Å². The number of carboxylic acid groups (broad SMARTS) is 1. The van der Waals surface area contributed by atoms with Crippen molar-refractivity contribution in [2.75, 3.05) is 5.73 Å². The monoisotopic (exact) mass is 195 g/mol. The average molecular weight is 195 g/mol. The van der Waals surface area contributed by atoms with Gasteiger partial charge in [-0.05, 0) is 23.6 Å². The van der Waals surface area contributed by atoms with Crippen LogP contribution in [0.2, 0.25) is 0 Å². The van der Waals surface area contributed by atoms with Crippen molar-refractivity contribution < 1.29 is 15.0 Å². The molecule has 0 aliphatic carbocycles. The first-order chi connectivity index (χ1) is 6.43. The Labute approximate surface area is 82.0 Å². The van der Waals surface area contributed by atoms with E-state index in [1.807, 2.05) is 13.8 Å². The van der Waals surface area contributed by atoms with Crippen molar-refractivity contribution in [2.45, 2.75) is 19.8 Å². The van der Waals surface area contributed by atoms with Crippen molar-refractivity contribution in [1.29, 1.82) is 0 Å². The summed E-state index contributed by atoms with van der Waals surface area (Å²) in [5, 5.41) is 18.1. The van der Waals surface area contributed by atoms with Crippen molar-refractivity contribution in [3.63, 3.8) is 0 Å². The number of carboxylic acids is 1. The van der Waals surface area contributed by atoms with E-state index in [9.17, 15) is 9.90 Å². The van der Waals surface area contributed by atoms with Crippen LogP contribution >= 0.6 is 0 Å². The van der Waals surface area contributed by atoms with Gasteiger partial charge < -0.3 is 15.9 Å². The lowest BCUT2D eigenvalue weighted by molar-refractivity contribution is 0.0693. The molecule has 0 aromatic heterocycles. The maximum Gasteiger partial charge on any atom is 0.339 e. The largest absolute Gasteiger partial charge is 0.505 e. The normalized spacial score (nSPS) is 10.5. The molecular weight excluding hydrogens is 182 g/mol. The van der Waals surface area contributed by atoms with Crippen LogP contribution in [-0.2, 0) is 0 Å². The predicted octanol–water partition coefficient (Wildman–Crippen LogP) is 1.80. The van der Waals surface area contributed by atoms with Gasteiger partial charge in [0.05, 0.1) is 5.69 Å². The number of phenols is 1. The summed E-state index contributed by atoms with van der Waals surface area (Å²) >= 11 is 0. The number of aromatic hydroxyl groups is 1. The summed E-state index contributed by atoms with van der Waals surface area (Å²) in [6.45, 7) is 3.86. The maximum atomic E-state index is 10.7. The lowest BCUT2D eigenvalue weighted by Crippen LogP contribution is -2.02. The maximum absolute atomic E-state index is 10.7. The number of hydrogen-bond donors (Lipinski definition) is 3. The summed E-state index contributed by atoms with van der Waals surface area (Å²) in [7, 11) is 0. The molecule has 0 spiro atoms. The Kier molecular flexibility index (Phi) is 2.65. The van der Waals surface area contributed by atoms with E-state index in [-0.39, 0.29) is 22.9 Å². The number of benzene rings is 1. The van der Waals surface area contributed by atoms with Gasteiger partial charge in [-0.1, -0.05) is 13.8 Å². The highest BCUT2D eigenvalue weighted by Crippen LogP contribution is 2.29. The minimum Gasteiger partial charge on any atom is -0.505 e. The molecule has 0 bridgehead atoms. The highest BCUT2D eigenvalue weighted by Gasteiger charge is 2.14. The third-order valence-electron chi connectivity index (χ3n) is 2.06. The van der Waals surface area contributed by atoms with Gasteiger partial charge in [-0.2, -0.15) is 0 Å². The zero-order valence-electron chi connectivity index (χ0n) is 8.11. The van der Waals surface area contributed by atoms with Crippen LogP contribution in [0.3, 0.4) is 0 Å². The quantitative estimate of drug-likeness (QED) is 0.496. The molecule has 0 aliphatic rings. The molecule has 0 amide bonds. The molecule has 0 heterocycles. The molecule has 0 saturated carbocycles. The minimum absolute atomic E-state index is 0.105. The van der Waals surface area contributed by atoms with E-state index in [0.717, 1.165) is 5.56 Å². The Hall–Kier alpha value is -1.71.